The lowest BCUT2D eigenvalue weighted by Crippen LogP contribution is -2.45. The van der Waals surface area contributed by atoms with Gasteiger partial charge in [0.15, 0.2) is 16.4 Å². The lowest BCUT2D eigenvalue weighted by molar-refractivity contribution is -0.384. The van der Waals surface area contributed by atoms with Gasteiger partial charge in [-0.15, -0.1) is 0 Å². The molecule has 1 unspecified atom stereocenters. The van der Waals surface area contributed by atoms with Crippen molar-refractivity contribution in [2.45, 2.75) is 31.3 Å². The molecule has 0 N–H and O–H groups in total. The van der Waals surface area contributed by atoms with Crippen LogP contribution >= 0.6 is 0 Å². The van der Waals surface area contributed by atoms with Gasteiger partial charge in [0.1, 0.15) is 11.5 Å². The molecule has 4 rings (SSSR count). The molecule has 0 bridgehead atoms. The highest BCUT2D eigenvalue weighted by atomic mass is 32.2. The molecule has 1 saturated carbocycles. The molecule has 1 aliphatic heterocycles. The van der Waals surface area contributed by atoms with Crippen molar-refractivity contribution in [3.05, 3.63) is 52.6 Å². The largest absolute Gasteiger partial charge is 0.497 e. The lowest BCUT2D eigenvalue weighted by atomic mass is 10.0. The molecule has 0 radical (unpaired) electrons. The fourth-order valence-corrected chi connectivity index (χ4v) is 5.73. The zero-order chi connectivity index (χ0) is 22.9. The van der Waals surface area contributed by atoms with Gasteiger partial charge in [-0.05, 0) is 43.0 Å². The summed E-state index contributed by atoms with van der Waals surface area (Å²) >= 11 is 0. The number of sulfone groups is 1. The van der Waals surface area contributed by atoms with E-state index in [0.717, 1.165) is 12.8 Å². The number of methoxy groups -OCH3 is 1. The van der Waals surface area contributed by atoms with E-state index in [4.69, 9.17) is 9.47 Å². The second kappa shape index (κ2) is 8.78. The van der Waals surface area contributed by atoms with Crippen molar-refractivity contribution in [2.24, 2.45) is 0 Å². The molecular formula is C22H24N2O7S. The summed E-state index contributed by atoms with van der Waals surface area (Å²) in [6, 6.07) is 10.9. The van der Waals surface area contributed by atoms with Crippen LogP contribution in [0.25, 0.3) is 11.1 Å². The Labute approximate surface area is 186 Å². The van der Waals surface area contributed by atoms with Crippen molar-refractivity contribution >= 4 is 21.4 Å². The predicted molar refractivity (Wildman–Crippen MR) is 118 cm³/mol. The summed E-state index contributed by atoms with van der Waals surface area (Å²) in [5.74, 6) is 0.795. The maximum Gasteiger partial charge on any atom is 0.270 e. The van der Waals surface area contributed by atoms with Crippen molar-refractivity contribution in [3.63, 3.8) is 0 Å². The minimum Gasteiger partial charge on any atom is -0.497 e. The van der Waals surface area contributed by atoms with Gasteiger partial charge in [0.05, 0.1) is 23.5 Å². The Balaban J connectivity index is 1.55. The molecule has 0 aromatic heterocycles. The highest BCUT2D eigenvalue weighted by Crippen LogP contribution is 2.35. The molecule has 2 fully saturated rings. The second-order valence-electron chi connectivity index (χ2n) is 8.04. The Morgan fingerprint density at radius 1 is 1.12 bits per heavy atom. The number of non-ortho nitro benzene ring substituents is 1. The Bertz CT molecular complexity index is 1130. The van der Waals surface area contributed by atoms with E-state index in [2.05, 4.69) is 0 Å². The van der Waals surface area contributed by atoms with E-state index in [0.29, 0.717) is 29.0 Å². The van der Waals surface area contributed by atoms with Crippen molar-refractivity contribution in [1.82, 2.24) is 4.90 Å². The average Bonchev–Trinajstić information content (AvgIpc) is 3.54. The number of hydrogen-bond donors (Lipinski definition) is 0. The first-order valence-electron chi connectivity index (χ1n) is 10.3. The van der Waals surface area contributed by atoms with Gasteiger partial charge in [0.2, 0.25) is 0 Å². The van der Waals surface area contributed by atoms with Gasteiger partial charge < -0.3 is 14.4 Å². The molecule has 10 heteroatoms. The van der Waals surface area contributed by atoms with E-state index in [1.165, 1.54) is 18.2 Å². The third-order valence-corrected chi connectivity index (χ3v) is 7.51. The van der Waals surface area contributed by atoms with Crippen molar-refractivity contribution in [1.29, 1.82) is 0 Å². The van der Waals surface area contributed by atoms with Gasteiger partial charge in [0.25, 0.3) is 11.6 Å². The summed E-state index contributed by atoms with van der Waals surface area (Å²) < 4.78 is 34.8. The van der Waals surface area contributed by atoms with E-state index in [1.807, 2.05) is 0 Å². The monoisotopic (exact) mass is 460 g/mol. The smallest absolute Gasteiger partial charge is 0.270 e. The fourth-order valence-electron chi connectivity index (χ4n) is 4.02. The van der Waals surface area contributed by atoms with Gasteiger partial charge in [-0.3, -0.25) is 14.9 Å². The van der Waals surface area contributed by atoms with E-state index in [1.54, 1.807) is 36.3 Å². The van der Waals surface area contributed by atoms with Crippen LogP contribution in [0.2, 0.25) is 0 Å². The minimum atomic E-state index is -3.12. The topological polar surface area (TPSA) is 116 Å². The Hall–Kier alpha value is -3.14. The number of carbonyl (C=O) groups is 1. The maximum atomic E-state index is 13.0. The molecule has 2 aromatic rings. The number of nitro groups is 1. The van der Waals surface area contributed by atoms with E-state index in [-0.39, 0.29) is 41.8 Å². The van der Waals surface area contributed by atoms with Gasteiger partial charge in [-0.2, -0.15) is 0 Å². The Morgan fingerprint density at radius 3 is 2.41 bits per heavy atom. The first-order chi connectivity index (χ1) is 15.3. The summed E-state index contributed by atoms with van der Waals surface area (Å²) in [5.41, 5.74) is 1.07. The number of amides is 1. The maximum absolute atomic E-state index is 13.0. The molecule has 32 heavy (non-hydrogen) atoms. The SMILES string of the molecule is COc1ccc(-c2cc([N+](=O)[O-])ccc2OCC(=O)N(C2CC2)C2CCS(=O)(=O)C2)cc1. The third kappa shape index (κ3) is 4.85. The number of nitro benzene ring substituents is 1. The van der Waals surface area contributed by atoms with Crippen LogP contribution in [0.5, 0.6) is 11.5 Å². The van der Waals surface area contributed by atoms with Crippen LogP contribution in [0.15, 0.2) is 42.5 Å². The number of ether oxygens (including phenoxy) is 2. The van der Waals surface area contributed by atoms with E-state index in [9.17, 15) is 23.3 Å². The predicted octanol–water partition coefficient (Wildman–Crippen LogP) is 2.83. The van der Waals surface area contributed by atoms with Crippen LogP contribution in [-0.2, 0) is 14.6 Å². The molecule has 9 nitrogen and oxygen atoms in total. The van der Waals surface area contributed by atoms with Crippen LogP contribution in [0.4, 0.5) is 5.69 Å². The number of carbonyl (C=O) groups excluding carboxylic acids is 1. The van der Waals surface area contributed by atoms with Crippen LogP contribution in [-0.4, -0.2) is 61.5 Å². The van der Waals surface area contributed by atoms with Crippen LogP contribution in [0.1, 0.15) is 19.3 Å². The summed E-state index contributed by atoms with van der Waals surface area (Å²) in [6.45, 7) is -0.270. The molecule has 2 aliphatic rings. The quantitative estimate of drug-likeness (QED) is 0.439. The average molecular weight is 461 g/mol. The highest BCUT2D eigenvalue weighted by Gasteiger charge is 2.42. The summed E-state index contributed by atoms with van der Waals surface area (Å²) in [6.07, 6.45) is 2.16. The lowest BCUT2D eigenvalue weighted by Gasteiger charge is -2.28. The molecule has 1 aliphatic carbocycles. The normalized spacial score (nSPS) is 19.3. The standard InChI is InChI=1S/C22H24N2O7S/c1-30-19-7-2-15(3-8-19)20-12-17(24(26)27)6-9-21(20)31-13-22(25)23(16-4-5-16)18-10-11-32(28,29)14-18/h2-3,6-9,12,16,18H,4-5,10-11,13-14H2,1H3. The molecular weight excluding hydrogens is 436 g/mol. The minimum absolute atomic E-state index is 0.0100. The summed E-state index contributed by atoms with van der Waals surface area (Å²) in [4.78, 5) is 25.4. The second-order valence-corrected chi connectivity index (χ2v) is 10.3. The fraction of sp³-hybridized carbons (Fsp3) is 0.409. The van der Waals surface area contributed by atoms with E-state index >= 15 is 0 Å². The highest BCUT2D eigenvalue weighted by molar-refractivity contribution is 7.91. The molecule has 1 saturated heterocycles. The summed E-state index contributed by atoms with van der Waals surface area (Å²) in [5, 5.41) is 11.3. The first-order valence-corrected chi connectivity index (χ1v) is 12.2. The van der Waals surface area contributed by atoms with Gasteiger partial charge in [-0.25, -0.2) is 8.42 Å². The molecule has 2 aromatic carbocycles. The number of hydrogen-bond acceptors (Lipinski definition) is 7. The van der Waals surface area contributed by atoms with Gasteiger partial charge in [-0.1, -0.05) is 12.1 Å². The molecule has 170 valence electrons. The third-order valence-electron chi connectivity index (χ3n) is 5.76. The summed E-state index contributed by atoms with van der Waals surface area (Å²) in [7, 11) is -1.57. The molecule has 1 atom stereocenters. The Morgan fingerprint density at radius 2 is 1.84 bits per heavy atom. The number of benzene rings is 2. The molecule has 0 spiro atoms. The van der Waals surface area contributed by atoms with Gasteiger partial charge in [0, 0.05) is 29.8 Å². The van der Waals surface area contributed by atoms with E-state index < -0.39 is 14.8 Å². The van der Waals surface area contributed by atoms with Crippen LogP contribution in [0.3, 0.4) is 0 Å². The number of rotatable bonds is 8. The van der Waals surface area contributed by atoms with Crippen molar-refractivity contribution < 1.29 is 27.6 Å². The van der Waals surface area contributed by atoms with Crippen LogP contribution in [0, 0.1) is 10.1 Å². The zero-order valence-electron chi connectivity index (χ0n) is 17.6. The Kier molecular flexibility index (Phi) is 6.05. The van der Waals surface area contributed by atoms with Crippen molar-refractivity contribution in [3.8, 4) is 22.6 Å². The molecule has 1 heterocycles. The first kappa shape index (κ1) is 22.1. The van der Waals surface area contributed by atoms with Gasteiger partial charge >= 0.3 is 0 Å². The van der Waals surface area contributed by atoms with Crippen LogP contribution < -0.4 is 9.47 Å². The number of nitrogens with zero attached hydrogens (tertiary/aromatic N) is 2. The van der Waals surface area contributed by atoms with Crippen molar-refractivity contribution in [2.75, 3.05) is 25.2 Å². The molecule has 1 amide bonds. The zero-order valence-corrected chi connectivity index (χ0v) is 18.4.